The minimum atomic E-state index is -0.454. The summed E-state index contributed by atoms with van der Waals surface area (Å²) >= 11 is 22.1. The quantitative estimate of drug-likeness (QED) is 0.0297. The number of ether oxygens (including phenoxy) is 5. The van der Waals surface area contributed by atoms with E-state index < -0.39 is 5.62 Å². The van der Waals surface area contributed by atoms with Gasteiger partial charge in [0.25, 0.3) is 0 Å². The van der Waals surface area contributed by atoms with E-state index in [4.69, 9.17) is 75.2 Å². The van der Waals surface area contributed by atoms with E-state index in [1.165, 1.54) is 6.20 Å². The van der Waals surface area contributed by atoms with Gasteiger partial charge in [-0.3, -0.25) is 9.70 Å². The summed E-state index contributed by atoms with van der Waals surface area (Å²) in [7, 11) is 0. The number of hydrogen-bond donors (Lipinski definition) is 2. The minimum absolute atomic E-state index is 0. The van der Waals surface area contributed by atoms with Crippen molar-refractivity contribution in [2.24, 2.45) is 4.99 Å². The second-order valence-electron chi connectivity index (χ2n) is 9.53. The molecule has 0 spiro atoms. The molecule has 12 nitrogen and oxygen atoms in total. The van der Waals surface area contributed by atoms with Crippen molar-refractivity contribution >= 4 is 76.6 Å². The zero-order valence-corrected chi connectivity index (χ0v) is 38.0. The number of benzene rings is 3. The van der Waals surface area contributed by atoms with Gasteiger partial charge in [0.05, 0.1) is 6.61 Å². The number of halogens is 6. The number of aliphatic imine (C=N–C) groups is 1. The second-order valence-corrected chi connectivity index (χ2v) is 11.0. The Balaban J connectivity index is 0. The maximum atomic E-state index is 8.40. The average Bonchev–Trinajstić information content (AvgIpc) is 3.16. The third-order valence-corrected chi connectivity index (χ3v) is 6.49. The summed E-state index contributed by atoms with van der Waals surface area (Å²) in [5.74, 6) is 3.50. The molecule has 2 N–H and O–H groups in total. The first kappa shape index (κ1) is 52.4. The smallest absolute Gasteiger partial charge is 1.00 e. The van der Waals surface area contributed by atoms with Crippen LogP contribution in [0, 0.1) is 0 Å². The van der Waals surface area contributed by atoms with Crippen LogP contribution >= 0.6 is 70.4 Å². The van der Waals surface area contributed by atoms with Crippen LogP contribution in [-0.2, 0) is 4.74 Å². The van der Waals surface area contributed by atoms with Crippen LogP contribution in [0.15, 0.2) is 132 Å². The Labute approximate surface area is 400 Å². The van der Waals surface area contributed by atoms with Gasteiger partial charge >= 0.3 is 51.4 Å². The van der Waals surface area contributed by atoms with Crippen molar-refractivity contribution in [1.29, 1.82) is 0 Å². The fourth-order valence-corrected chi connectivity index (χ4v) is 4.16. The molecule has 55 heavy (non-hydrogen) atoms. The average molecular weight is 979 g/mol. The van der Waals surface area contributed by atoms with Crippen molar-refractivity contribution in [3.8, 4) is 23.1 Å². The van der Waals surface area contributed by atoms with Gasteiger partial charge in [-0.25, -0.2) is 15.0 Å². The molecular formula is C36H39Cl4FIKN6O6. The number of nitrogens with one attached hydrogen (secondary N) is 1. The van der Waals surface area contributed by atoms with Gasteiger partial charge in [0.15, 0.2) is 11.5 Å². The predicted octanol–water partition coefficient (Wildman–Crippen LogP) is 5.44. The number of alkyl halides is 1. The SMILES string of the molecule is ClC1N=CC=C(OCCOc2ccccc2)N1.Clc1ccnc(Cl)n1.Clc1nccc(OCCOc2ccccc2)n1.F.I.OCCOc1ccccc1.[H-].[K+]. The maximum Gasteiger partial charge on any atom is 1.00 e. The summed E-state index contributed by atoms with van der Waals surface area (Å²) in [4.78, 5) is 18.8. The third kappa shape index (κ3) is 26.1. The van der Waals surface area contributed by atoms with E-state index in [9.17, 15) is 0 Å². The summed E-state index contributed by atoms with van der Waals surface area (Å²) < 4.78 is 26.8. The van der Waals surface area contributed by atoms with Crippen LogP contribution < -0.4 is 75.6 Å². The van der Waals surface area contributed by atoms with Gasteiger partial charge in [0.1, 0.15) is 55.4 Å². The van der Waals surface area contributed by atoms with E-state index in [1.807, 2.05) is 91.0 Å². The van der Waals surface area contributed by atoms with Gasteiger partial charge in [0.2, 0.25) is 16.4 Å². The number of allylic oxidation sites excluding steroid dienone is 1. The Bertz CT molecular complexity index is 1740. The van der Waals surface area contributed by atoms with Crippen molar-refractivity contribution in [3.63, 3.8) is 0 Å². The van der Waals surface area contributed by atoms with Gasteiger partial charge < -0.3 is 35.5 Å². The van der Waals surface area contributed by atoms with Crippen LogP contribution in [0.5, 0.6) is 23.1 Å². The van der Waals surface area contributed by atoms with Gasteiger partial charge in [-0.2, -0.15) is 4.98 Å². The molecule has 3 heterocycles. The van der Waals surface area contributed by atoms with E-state index in [1.54, 1.807) is 30.6 Å². The van der Waals surface area contributed by atoms with E-state index in [2.05, 4.69) is 30.2 Å². The maximum absolute atomic E-state index is 8.40. The van der Waals surface area contributed by atoms with Gasteiger partial charge in [-0.1, -0.05) is 77.8 Å². The number of aromatic nitrogens is 4. The number of aliphatic hydroxyl groups is 1. The number of para-hydroxylation sites is 3. The Morgan fingerprint density at radius 3 is 1.51 bits per heavy atom. The predicted molar refractivity (Wildman–Crippen MR) is 222 cm³/mol. The molecule has 0 radical (unpaired) electrons. The molecule has 2 aromatic heterocycles. The molecule has 0 amide bonds. The van der Waals surface area contributed by atoms with E-state index in [0.717, 1.165) is 17.2 Å². The molecule has 1 aliphatic heterocycles. The van der Waals surface area contributed by atoms with Crippen molar-refractivity contribution in [1.82, 2.24) is 25.3 Å². The Kier molecular flexibility index (Phi) is 32.0. The molecule has 1 atom stereocenters. The zero-order valence-electron chi connectivity index (χ0n) is 30.5. The standard InChI is InChI=1S/C12H13ClN2O2.C12H11ClN2O2.C8H10O2.C4H2Cl2N2.FH.HI.K.H/c2*13-12-14-7-6-11(15-12)17-9-8-16-10-4-2-1-3-5-10;9-6-7-10-8-4-2-1-3-5-8;5-3-1-2-7-4(6)8-3;;;;/h1-7,12,15H,8-9H2;1-7H,8-9H2;1-5,9H,6-7H2;1-2H;2*1H;;/q;;;;;;+1;-1. The molecule has 0 fully saturated rings. The largest absolute Gasteiger partial charge is 1.00 e. The van der Waals surface area contributed by atoms with Crippen molar-refractivity contribution < 1.29 is 86.3 Å². The van der Waals surface area contributed by atoms with Crippen molar-refractivity contribution in [3.05, 3.63) is 143 Å². The second kappa shape index (κ2) is 33.6. The van der Waals surface area contributed by atoms with Crippen molar-refractivity contribution in [2.75, 3.05) is 39.6 Å². The fraction of sp³-hybridized carbons (Fsp3) is 0.194. The monoisotopic (exact) mass is 976 g/mol. The van der Waals surface area contributed by atoms with Crippen molar-refractivity contribution in [2.45, 2.75) is 5.62 Å². The molecule has 3 aromatic carbocycles. The Morgan fingerprint density at radius 2 is 1.07 bits per heavy atom. The summed E-state index contributed by atoms with van der Waals surface area (Å²) in [6.45, 7) is 2.21. The van der Waals surface area contributed by atoms with Crippen LogP contribution in [0.3, 0.4) is 0 Å². The normalized spacial score (nSPS) is 11.7. The first-order chi connectivity index (χ1) is 25.4. The molecule has 1 aliphatic rings. The van der Waals surface area contributed by atoms with E-state index in [-0.39, 0.29) is 98.7 Å². The van der Waals surface area contributed by atoms with Gasteiger partial charge in [-0.05, 0) is 65.7 Å². The zero-order chi connectivity index (χ0) is 37.1. The summed E-state index contributed by atoms with van der Waals surface area (Å²) in [6.07, 6.45) is 6.38. The number of rotatable bonds is 13. The first-order valence-electron chi connectivity index (χ1n) is 15.6. The molecule has 0 bridgehead atoms. The van der Waals surface area contributed by atoms with Crippen LogP contribution in [0.2, 0.25) is 15.7 Å². The van der Waals surface area contributed by atoms with Crippen LogP contribution in [-0.4, -0.2) is 76.5 Å². The first-order valence-corrected chi connectivity index (χ1v) is 17.1. The van der Waals surface area contributed by atoms with E-state index in [0.29, 0.717) is 50.0 Å². The molecule has 6 rings (SSSR count). The summed E-state index contributed by atoms with van der Waals surface area (Å²) in [5.41, 5.74) is -0.454. The summed E-state index contributed by atoms with van der Waals surface area (Å²) in [5, 5.41) is 12.0. The van der Waals surface area contributed by atoms with Gasteiger partial charge in [0, 0.05) is 30.8 Å². The minimum Gasteiger partial charge on any atom is -1.00 e. The molecule has 0 saturated carbocycles. The number of nitrogens with zero attached hydrogens (tertiary/aromatic N) is 5. The topological polar surface area (TPSA) is 142 Å². The molecule has 0 saturated heterocycles. The third-order valence-electron chi connectivity index (χ3n) is 5.70. The molecular weight excluding hydrogens is 939 g/mol. The summed E-state index contributed by atoms with van der Waals surface area (Å²) in [6, 6.07) is 31.8. The van der Waals surface area contributed by atoms with Crippen LogP contribution in [0.4, 0.5) is 4.70 Å². The fourth-order valence-electron chi connectivity index (χ4n) is 3.52. The molecule has 292 valence electrons. The van der Waals surface area contributed by atoms with Crippen LogP contribution in [0.1, 0.15) is 1.43 Å². The Morgan fingerprint density at radius 1 is 0.618 bits per heavy atom. The molecule has 1 unspecified atom stereocenters. The Hall–Kier alpha value is -2.55. The molecule has 5 aromatic rings. The number of hydrogen-bond acceptors (Lipinski definition) is 12. The van der Waals surface area contributed by atoms with E-state index >= 15 is 0 Å². The van der Waals surface area contributed by atoms with Gasteiger partial charge in [-0.15, -0.1) is 24.0 Å². The molecule has 0 aliphatic carbocycles. The molecule has 19 heteroatoms. The van der Waals surface area contributed by atoms with Crippen LogP contribution in [0.25, 0.3) is 0 Å². The number of aliphatic hydroxyl groups excluding tert-OH is 1.